The number of carbonyl (C=O) groups excluding carboxylic acids is 1. The maximum Gasteiger partial charge on any atom is 0.233 e. The average Bonchev–Trinajstić information content (AvgIpc) is 2.21. The molecule has 0 aliphatic carbocycles. The quantitative estimate of drug-likeness (QED) is 0.851. The monoisotopic (exact) mass is 303 g/mol. The first kappa shape index (κ1) is 13.5. The first-order valence-corrected chi connectivity index (χ1v) is 6.48. The zero-order chi connectivity index (χ0) is 12.1. The SMILES string of the molecule is CC(Cc1ccccc1Cl)NC(=O)C(C)Br. The Kier molecular flexibility index (Phi) is 5.29. The minimum absolute atomic E-state index is 0.000413. The van der Waals surface area contributed by atoms with E-state index in [1.54, 1.807) is 6.92 Å². The molecule has 0 aromatic heterocycles. The fourth-order valence-electron chi connectivity index (χ4n) is 1.40. The van der Waals surface area contributed by atoms with Crippen molar-refractivity contribution < 1.29 is 4.79 Å². The summed E-state index contributed by atoms with van der Waals surface area (Å²) in [6, 6.07) is 7.76. The van der Waals surface area contributed by atoms with Crippen LogP contribution in [0, 0.1) is 0 Å². The predicted molar refractivity (Wildman–Crippen MR) is 71.1 cm³/mol. The van der Waals surface area contributed by atoms with Crippen molar-refractivity contribution in [1.82, 2.24) is 5.32 Å². The number of rotatable bonds is 4. The highest BCUT2D eigenvalue weighted by molar-refractivity contribution is 9.10. The number of alkyl halides is 1. The standard InChI is InChI=1S/C12H15BrClNO/c1-8(15-12(16)9(2)13)7-10-5-3-4-6-11(10)14/h3-6,8-9H,7H2,1-2H3,(H,15,16). The molecular formula is C12H15BrClNO. The van der Waals surface area contributed by atoms with Crippen LogP contribution >= 0.6 is 27.5 Å². The molecule has 0 bridgehead atoms. The van der Waals surface area contributed by atoms with E-state index in [0.29, 0.717) is 0 Å². The fraction of sp³-hybridized carbons (Fsp3) is 0.417. The van der Waals surface area contributed by atoms with Gasteiger partial charge in [0.25, 0.3) is 0 Å². The minimum atomic E-state index is -0.166. The van der Waals surface area contributed by atoms with Crippen LogP contribution < -0.4 is 5.32 Å². The third-order valence-electron chi connectivity index (χ3n) is 2.23. The molecule has 0 spiro atoms. The van der Waals surface area contributed by atoms with Gasteiger partial charge < -0.3 is 5.32 Å². The van der Waals surface area contributed by atoms with Crippen molar-refractivity contribution in [3.8, 4) is 0 Å². The van der Waals surface area contributed by atoms with Gasteiger partial charge in [0.1, 0.15) is 0 Å². The molecule has 2 atom stereocenters. The van der Waals surface area contributed by atoms with Crippen molar-refractivity contribution in [2.45, 2.75) is 31.1 Å². The third-order valence-corrected chi connectivity index (χ3v) is 3.02. The molecule has 1 aromatic rings. The van der Waals surface area contributed by atoms with Crippen LogP contribution in [0.1, 0.15) is 19.4 Å². The van der Waals surface area contributed by atoms with Crippen LogP contribution in [-0.4, -0.2) is 16.8 Å². The molecule has 0 heterocycles. The van der Waals surface area contributed by atoms with Gasteiger partial charge in [0.05, 0.1) is 4.83 Å². The molecule has 0 radical (unpaired) electrons. The lowest BCUT2D eigenvalue weighted by Crippen LogP contribution is -2.37. The molecule has 0 aliphatic rings. The van der Waals surface area contributed by atoms with Crippen LogP contribution in [0.3, 0.4) is 0 Å². The van der Waals surface area contributed by atoms with Crippen molar-refractivity contribution in [3.63, 3.8) is 0 Å². The minimum Gasteiger partial charge on any atom is -0.352 e. The second-order valence-electron chi connectivity index (χ2n) is 3.82. The van der Waals surface area contributed by atoms with Gasteiger partial charge in [-0.3, -0.25) is 4.79 Å². The van der Waals surface area contributed by atoms with E-state index in [4.69, 9.17) is 11.6 Å². The van der Waals surface area contributed by atoms with Crippen LogP contribution in [0.2, 0.25) is 5.02 Å². The normalized spacial score (nSPS) is 14.2. The zero-order valence-electron chi connectivity index (χ0n) is 9.34. The van der Waals surface area contributed by atoms with Crippen molar-refractivity contribution in [1.29, 1.82) is 0 Å². The molecule has 0 aliphatic heterocycles. The first-order chi connectivity index (χ1) is 7.50. The number of halogens is 2. The molecule has 2 nitrogen and oxygen atoms in total. The van der Waals surface area contributed by atoms with Crippen LogP contribution in [0.25, 0.3) is 0 Å². The summed E-state index contributed by atoms with van der Waals surface area (Å²) in [7, 11) is 0. The molecule has 0 saturated carbocycles. The Bertz CT molecular complexity index is 368. The van der Waals surface area contributed by atoms with E-state index in [2.05, 4.69) is 21.2 Å². The van der Waals surface area contributed by atoms with Crippen LogP contribution in [0.15, 0.2) is 24.3 Å². The van der Waals surface area contributed by atoms with Gasteiger partial charge in [-0.1, -0.05) is 45.7 Å². The van der Waals surface area contributed by atoms with E-state index in [9.17, 15) is 4.79 Å². The summed E-state index contributed by atoms with van der Waals surface area (Å²) in [6.45, 7) is 3.77. The van der Waals surface area contributed by atoms with Crippen LogP contribution in [-0.2, 0) is 11.2 Å². The van der Waals surface area contributed by atoms with E-state index in [-0.39, 0.29) is 16.8 Å². The summed E-state index contributed by atoms with van der Waals surface area (Å²) in [5.74, 6) is -0.000413. The highest BCUT2D eigenvalue weighted by Crippen LogP contribution is 2.16. The lowest BCUT2D eigenvalue weighted by atomic mass is 10.1. The molecule has 2 unspecified atom stereocenters. The number of amides is 1. The summed E-state index contributed by atoms with van der Waals surface area (Å²) < 4.78 is 0. The largest absolute Gasteiger partial charge is 0.352 e. The van der Waals surface area contributed by atoms with Gasteiger partial charge in [-0.2, -0.15) is 0 Å². The number of hydrogen-bond donors (Lipinski definition) is 1. The number of carbonyl (C=O) groups is 1. The van der Waals surface area contributed by atoms with E-state index in [1.807, 2.05) is 31.2 Å². The van der Waals surface area contributed by atoms with Gasteiger partial charge in [-0.25, -0.2) is 0 Å². The van der Waals surface area contributed by atoms with Crippen molar-refractivity contribution in [2.24, 2.45) is 0 Å². The van der Waals surface area contributed by atoms with Gasteiger partial charge in [-0.05, 0) is 31.9 Å². The van der Waals surface area contributed by atoms with E-state index >= 15 is 0 Å². The molecule has 1 N–H and O–H groups in total. The topological polar surface area (TPSA) is 29.1 Å². The number of hydrogen-bond acceptors (Lipinski definition) is 1. The Labute approximate surface area is 110 Å². The molecule has 1 amide bonds. The summed E-state index contributed by atoms with van der Waals surface area (Å²) in [4.78, 5) is 11.3. The molecular weight excluding hydrogens is 289 g/mol. The summed E-state index contributed by atoms with van der Waals surface area (Å²) in [5, 5.41) is 3.66. The summed E-state index contributed by atoms with van der Waals surface area (Å²) in [5.41, 5.74) is 1.05. The summed E-state index contributed by atoms with van der Waals surface area (Å²) in [6.07, 6.45) is 0.741. The van der Waals surface area contributed by atoms with E-state index in [1.165, 1.54) is 0 Å². The Morgan fingerprint density at radius 2 is 2.06 bits per heavy atom. The number of nitrogens with one attached hydrogen (secondary N) is 1. The predicted octanol–water partition coefficient (Wildman–Crippen LogP) is 3.17. The summed E-state index contributed by atoms with van der Waals surface area (Å²) >= 11 is 9.28. The van der Waals surface area contributed by atoms with E-state index < -0.39 is 0 Å². The fourth-order valence-corrected chi connectivity index (χ4v) is 1.75. The highest BCUT2D eigenvalue weighted by Gasteiger charge is 2.13. The molecule has 0 fully saturated rings. The molecule has 16 heavy (non-hydrogen) atoms. The van der Waals surface area contributed by atoms with Gasteiger partial charge in [0, 0.05) is 11.1 Å². The Morgan fingerprint density at radius 1 is 1.44 bits per heavy atom. The van der Waals surface area contributed by atoms with Gasteiger partial charge in [0.15, 0.2) is 0 Å². The zero-order valence-corrected chi connectivity index (χ0v) is 11.7. The second kappa shape index (κ2) is 6.26. The molecule has 1 rings (SSSR count). The Balaban J connectivity index is 2.55. The second-order valence-corrected chi connectivity index (χ2v) is 5.60. The lowest BCUT2D eigenvalue weighted by Gasteiger charge is -2.15. The van der Waals surface area contributed by atoms with Gasteiger partial charge in [-0.15, -0.1) is 0 Å². The maximum atomic E-state index is 11.4. The van der Waals surface area contributed by atoms with E-state index in [0.717, 1.165) is 17.0 Å². The maximum absolute atomic E-state index is 11.4. The Hall–Kier alpha value is -0.540. The highest BCUT2D eigenvalue weighted by atomic mass is 79.9. The molecule has 4 heteroatoms. The first-order valence-electron chi connectivity index (χ1n) is 5.18. The lowest BCUT2D eigenvalue weighted by molar-refractivity contribution is -0.120. The smallest absolute Gasteiger partial charge is 0.233 e. The third kappa shape index (κ3) is 4.14. The van der Waals surface area contributed by atoms with Crippen molar-refractivity contribution >= 4 is 33.4 Å². The average molecular weight is 305 g/mol. The van der Waals surface area contributed by atoms with Gasteiger partial charge >= 0.3 is 0 Å². The number of benzene rings is 1. The van der Waals surface area contributed by atoms with Gasteiger partial charge in [0.2, 0.25) is 5.91 Å². The Morgan fingerprint density at radius 3 is 2.62 bits per heavy atom. The molecule has 1 aromatic carbocycles. The molecule has 88 valence electrons. The molecule has 0 saturated heterocycles. The van der Waals surface area contributed by atoms with Crippen molar-refractivity contribution in [2.75, 3.05) is 0 Å². The van der Waals surface area contributed by atoms with Crippen molar-refractivity contribution in [3.05, 3.63) is 34.9 Å². The van der Waals surface area contributed by atoms with Crippen LogP contribution in [0.4, 0.5) is 0 Å². The van der Waals surface area contributed by atoms with Crippen LogP contribution in [0.5, 0.6) is 0 Å².